The highest BCUT2D eigenvalue weighted by atomic mass is 19.4. The number of halogens is 4. The van der Waals surface area contributed by atoms with Gasteiger partial charge >= 0.3 is 6.18 Å². The summed E-state index contributed by atoms with van der Waals surface area (Å²) in [7, 11) is 0. The van der Waals surface area contributed by atoms with Gasteiger partial charge in [-0.15, -0.1) is 0 Å². The van der Waals surface area contributed by atoms with E-state index >= 15 is 0 Å². The molecule has 0 unspecified atom stereocenters. The molecular formula is C15H15F4N3O2. The second kappa shape index (κ2) is 7.00. The molecule has 1 amide bonds. The fourth-order valence-corrected chi connectivity index (χ4v) is 2.10. The number of hydrogen-bond acceptors (Lipinski definition) is 3. The molecule has 9 heteroatoms. The first-order valence-electron chi connectivity index (χ1n) is 7.01. The highest BCUT2D eigenvalue weighted by Crippen LogP contribution is 2.30. The van der Waals surface area contributed by atoms with Crippen LogP contribution < -0.4 is 5.32 Å². The van der Waals surface area contributed by atoms with Crippen LogP contribution in [0.5, 0.6) is 0 Å². The quantitative estimate of drug-likeness (QED) is 0.819. The van der Waals surface area contributed by atoms with E-state index in [0.29, 0.717) is 5.56 Å². The molecule has 0 saturated heterocycles. The third-order valence-corrected chi connectivity index (χ3v) is 3.25. The number of carbonyl (C=O) groups excluding carboxylic acids is 1. The normalized spacial score (nSPS) is 11.6. The Morgan fingerprint density at radius 2 is 2.08 bits per heavy atom. The SMILES string of the molecule is Cc1ccc(NC(=O)Cn2cc(CCO)c(C(F)(F)F)n2)cc1F. The number of rotatable bonds is 5. The molecule has 0 aliphatic carbocycles. The van der Waals surface area contributed by atoms with Gasteiger partial charge < -0.3 is 10.4 Å². The summed E-state index contributed by atoms with van der Waals surface area (Å²) in [6.45, 7) is 0.625. The van der Waals surface area contributed by atoms with E-state index in [0.717, 1.165) is 16.9 Å². The van der Waals surface area contributed by atoms with Crippen molar-refractivity contribution in [1.29, 1.82) is 0 Å². The van der Waals surface area contributed by atoms with E-state index < -0.39 is 36.7 Å². The minimum Gasteiger partial charge on any atom is -0.396 e. The van der Waals surface area contributed by atoms with Crippen LogP contribution in [0.3, 0.4) is 0 Å². The Bertz CT molecular complexity index is 741. The van der Waals surface area contributed by atoms with Crippen LogP contribution in [0.25, 0.3) is 0 Å². The van der Waals surface area contributed by atoms with Crippen molar-refractivity contribution in [2.45, 2.75) is 26.1 Å². The Balaban J connectivity index is 2.12. The van der Waals surface area contributed by atoms with Gasteiger partial charge in [-0.3, -0.25) is 9.48 Å². The molecule has 2 rings (SSSR count). The summed E-state index contributed by atoms with van der Waals surface area (Å²) in [5.74, 6) is -1.15. The number of aliphatic hydroxyl groups is 1. The van der Waals surface area contributed by atoms with Crippen LogP contribution in [0.15, 0.2) is 24.4 Å². The highest BCUT2D eigenvalue weighted by Gasteiger charge is 2.37. The standard InChI is InChI=1S/C15H15F4N3O2/c1-9-2-3-11(6-12(9)16)20-13(24)8-22-7-10(4-5-23)14(21-22)15(17,18)19/h2-3,6-7,23H,4-5,8H2,1H3,(H,20,24). The Morgan fingerprint density at radius 1 is 1.38 bits per heavy atom. The Kier molecular flexibility index (Phi) is 5.23. The summed E-state index contributed by atoms with van der Waals surface area (Å²) in [5.41, 5.74) is -0.727. The number of aryl methyl sites for hydroxylation is 1. The Labute approximate surface area is 134 Å². The molecule has 0 radical (unpaired) electrons. The molecular weight excluding hydrogens is 330 g/mol. The van der Waals surface area contributed by atoms with Gasteiger partial charge in [0.1, 0.15) is 12.4 Å². The number of alkyl halides is 3. The highest BCUT2D eigenvalue weighted by molar-refractivity contribution is 5.90. The van der Waals surface area contributed by atoms with Gasteiger partial charge in [-0.05, 0) is 31.0 Å². The van der Waals surface area contributed by atoms with Gasteiger partial charge in [0.05, 0.1) is 0 Å². The lowest BCUT2D eigenvalue weighted by atomic mass is 10.2. The molecule has 0 spiro atoms. The lowest BCUT2D eigenvalue weighted by Gasteiger charge is -2.07. The van der Waals surface area contributed by atoms with E-state index in [9.17, 15) is 22.4 Å². The minimum atomic E-state index is -4.67. The van der Waals surface area contributed by atoms with Crippen molar-refractivity contribution in [3.8, 4) is 0 Å². The average Bonchev–Trinajstić information content (AvgIpc) is 2.86. The molecule has 0 aliphatic rings. The molecule has 0 atom stereocenters. The van der Waals surface area contributed by atoms with E-state index in [-0.39, 0.29) is 17.7 Å². The number of hydrogen-bond donors (Lipinski definition) is 2. The van der Waals surface area contributed by atoms with Crippen molar-refractivity contribution in [2.24, 2.45) is 0 Å². The number of nitrogens with one attached hydrogen (secondary N) is 1. The maximum Gasteiger partial charge on any atom is 0.435 e. The maximum absolute atomic E-state index is 13.4. The first-order chi connectivity index (χ1) is 11.2. The van der Waals surface area contributed by atoms with Crippen molar-refractivity contribution in [3.63, 3.8) is 0 Å². The molecule has 2 aromatic rings. The topological polar surface area (TPSA) is 67.2 Å². The Hall–Kier alpha value is -2.42. The fourth-order valence-electron chi connectivity index (χ4n) is 2.10. The van der Waals surface area contributed by atoms with Crippen LogP contribution in [0.2, 0.25) is 0 Å². The lowest BCUT2D eigenvalue weighted by Crippen LogP contribution is -2.19. The van der Waals surface area contributed by atoms with Crippen molar-refractivity contribution >= 4 is 11.6 Å². The zero-order valence-electron chi connectivity index (χ0n) is 12.7. The van der Waals surface area contributed by atoms with E-state index in [1.165, 1.54) is 12.1 Å². The van der Waals surface area contributed by atoms with Crippen LogP contribution in [0.4, 0.5) is 23.2 Å². The number of nitrogens with zero attached hydrogens (tertiary/aromatic N) is 2. The number of amides is 1. The number of aromatic nitrogens is 2. The predicted octanol–water partition coefficient (Wildman–Crippen LogP) is 2.52. The van der Waals surface area contributed by atoms with Crippen molar-refractivity contribution in [1.82, 2.24) is 9.78 Å². The molecule has 0 bridgehead atoms. The zero-order valence-corrected chi connectivity index (χ0v) is 12.7. The molecule has 1 heterocycles. The number of aliphatic hydroxyl groups excluding tert-OH is 1. The predicted molar refractivity (Wildman–Crippen MR) is 77.8 cm³/mol. The number of benzene rings is 1. The molecule has 5 nitrogen and oxygen atoms in total. The summed E-state index contributed by atoms with van der Waals surface area (Å²) in [5, 5.41) is 14.6. The molecule has 1 aromatic heterocycles. The van der Waals surface area contributed by atoms with Crippen LogP contribution in [0, 0.1) is 12.7 Å². The van der Waals surface area contributed by atoms with Crippen LogP contribution in [-0.4, -0.2) is 27.4 Å². The van der Waals surface area contributed by atoms with E-state index in [4.69, 9.17) is 5.11 Å². The second-order valence-corrected chi connectivity index (χ2v) is 5.18. The lowest BCUT2D eigenvalue weighted by molar-refractivity contribution is -0.142. The molecule has 1 aromatic carbocycles. The van der Waals surface area contributed by atoms with E-state index in [2.05, 4.69) is 10.4 Å². The van der Waals surface area contributed by atoms with E-state index in [1.54, 1.807) is 6.92 Å². The van der Waals surface area contributed by atoms with Crippen LogP contribution >= 0.6 is 0 Å². The monoisotopic (exact) mass is 345 g/mol. The molecule has 2 N–H and O–H groups in total. The summed E-state index contributed by atoms with van der Waals surface area (Å²) in [4.78, 5) is 11.9. The molecule has 0 saturated carbocycles. The third kappa shape index (κ3) is 4.31. The largest absolute Gasteiger partial charge is 0.435 e. The third-order valence-electron chi connectivity index (χ3n) is 3.25. The fraction of sp³-hybridized carbons (Fsp3) is 0.333. The van der Waals surface area contributed by atoms with Crippen molar-refractivity contribution < 1.29 is 27.5 Å². The summed E-state index contributed by atoms with van der Waals surface area (Å²) in [6, 6.07) is 4.08. The minimum absolute atomic E-state index is 0.195. The molecule has 130 valence electrons. The molecule has 0 aliphatic heterocycles. The number of carbonyl (C=O) groups is 1. The molecule has 24 heavy (non-hydrogen) atoms. The van der Waals surface area contributed by atoms with Gasteiger partial charge in [-0.2, -0.15) is 18.3 Å². The second-order valence-electron chi connectivity index (χ2n) is 5.18. The van der Waals surface area contributed by atoms with Crippen LogP contribution in [-0.2, 0) is 23.9 Å². The average molecular weight is 345 g/mol. The summed E-state index contributed by atoms with van der Waals surface area (Å²) < 4.78 is 52.8. The zero-order chi connectivity index (χ0) is 17.9. The first-order valence-corrected chi connectivity index (χ1v) is 7.01. The van der Waals surface area contributed by atoms with E-state index in [1.807, 2.05) is 0 Å². The van der Waals surface area contributed by atoms with Gasteiger partial charge in [0.25, 0.3) is 0 Å². The van der Waals surface area contributed by atoms with Gasteiger partial charge in [0, 0.05) is 24.1 Å². The van der Waals surface area contributed by atoms with Crippen molar-refractivity contribution in [3.05, 3.63) is 47.0 Å². The van der Waals surface area contributed by atoms with Gasteiger partial charge in [-0.1, -0.05) is 6.07 Å². The van der Waals surface area contributed by atoms with Gasteiger partial charge in [0.2, 0.25) is 5.91 Å². The van der Waals surface area contributed by atoms with Crippen LogP contribution in [0.1, 0.15) is 16.8 Å². The molecule has 0 fully saturated rings. The summed E-state index contributed by atoms with van der Waals surface area (Å²) >= 11 is 0. The van der Waals surface area contributed by atoms with Gasteiger partial charge in [0.15, 0.2) is 5.69 Å². The first kappa shape index (κ1) is 17.9. The smallest absolute Gasteiger partial charge is 0.396 e. The number of anilines is 1. The summed E-state index contributed by atoms with van der Waals surface area (Å²) in [6.07, 6.45) is -3.83. The van der Waals surface area contributed by atoms with Gasteiger partial charge in [-0.25, -0.2) is 4.39 Å². The van der Waals surface area contributed by atoms with Crippen molar-refractivity contribution in [2.75, 3.05) is 11.9 Å². The Morgan fingerprint density at radius 3 is 2.67 bits per heavy atom. The maximum atomic E-state index is 13.4.